The minimum atomic E-state index is -0.191. The predicted octanol–water partition coefficient (Wildman–Crippen LogP) is 4.20. The first-order valence-corrected chi connectivity index (χ1v) is 7.99. The Hall–Kier alpha value is -1.24. The highest BCUT2D eigenvalue weighted by Gasteiger charge is 2.20. The van der Waals surface area contributed by atoms with Gasteiger partial charge in [0.25, 0.3) is 0 Å². The highest BCUT2D eigenvalue weighted by Crippen LogP contribution is 2.32. The maximum atomic E-state index is 12.3. The van der Waals surface area contributed by atoms with Crippen molar-refractivity contribution in [1.29, 1.82) is 0 Å². The van der Waals surface area contributed by atoms with Gasteiger partial charge in [-0.15, -0.1) is 11.3 Å². The smallest absolute Gasteiger partial charge is 0.195 e. The molecule has 0 aliphatic rings. The lowest BCUT2D eigenvalue weighted by molar-refractivity contribution is 0.0992. The fourth-order valence-electron chi connectivity index (χ4n) is 1.88. The van der Waals surface area contributed by atoms with Crippen LogP contribution in [0, 0.1) is 0 Å². The zero-order chi connectivity index (χ0) is 15.6. The third kappa shape index (κ3) is 3.51. The van der Waals surface area contributed by atoms with Crippen molar-refractivity contribution in [3.05, 3.63) is 43.3 Å². The standard InChI is InChI=1S/C14H11BrClNO3S/c1-7(18)8-3-4-11(20-2)13(16)9(8)5-10(19)14-17-12(15)6-21-14/h3-4,6H,5H2,1-2H3. The molecule has 2 rings (SSSR count). The number of hydrogen-bond acceptors (Lipinski definition) is 5. The number of nitrogens with zero attached hydrogens (tertiary/aromatic N) is 1. The van der Waals surface area contributed by atoms with E-state index in [-0.39, 0.29) is 23.0 Å². The molecule has 0 aliphatic heterocycles. The number of thiazole rings is 1. The highest BCUT2D eigenvalue weighted by atomic mass is 79.9. The maximum absolute atomic E-state index is 12.3. The summed E-state index contributed by atoms with van der Waals surface area (Å²) in [5.74, 6) is 0.0933. The molecule has 0 saturated heterocycles. The lowest BCUT2D eigenvalue weighted by atomic mass is 9.99. The van der Waals surface area contributed by atoms with Crippen LogP contribution < -0.4 is 4.74 Å². The van der Waals surface area contributed by atoms with Crippen LogP contribution in [0.4, 0.5) is 0 Å². The molecule has 1 aromatic carbocycles. The molecule has 0 spiro atoms. The normalized spacial score (nSPS) is 10.5. The molecular weight excluding hydrogens is 378 g/mol. The summed E-state index contributed by atoms with van der Waals surface area (Å²) in [7, 11) is 1.48. The van der Waals surface area contributed by atoms with Gasteiger partial charge in [0.15, 0.2) is 16.6 Å². The molecule has 1 aromatic heterocycles. The van der Waals surface area contributed by atoms with Gasteiger partial charge in [-0.3, -0.25) is 9.59 Å². The molecule has 0 aliphatic carbocycles. The average Bonchev–Trinajstić information content (AvgIpc) is 2.87. The van der Waals surface area contributed by atoms with Gasteiger partial charge in [0, 0.05) is 17.4 Å². The Balaban J connectivity index is 2.42. The number of carbonyl (C=O) groups is 2. The molecule has 2 aromatic rings. The third-order valence-electron chi connectivity index (χ3n) is 2.86. The average molecular weight is 389 g/mol. The van der Waals surface area contributed by atoms with Crippen LogP contribution in [-0.4, -0.2) is 23.7 Å². The molecule has 0 radical (unpaired) electrons. The lowest BCUT2D eigenvalue weighted by Gasteiger charge is -2.11. The molecule has 0 N–H and O–H groups in total. The van der Waals surface area contributed by atoms with E-state index >= 15 is 0 Å². The van der Waals surface area contributed by atoms with Gasteiger partial charge in [0.1, 0.15) is 10.4 Å². The van der Waals surface area contributed by atoms with Crippen LogP contribution in [0.1, 0.15) is 32.6 Å². The van der Waals surface area contributed by atoms with Crippen molar-refractivity contribution in [2.45, 2.75) is 13.3 Å². The van der Waals surface area contributed by atoms with E-state index in [0.29, 0.717) is 26.5 Å². The van der Waals surface area contributed by atoms with Crippen LogP contribution in [0.2, 0.25) is 5.02 Å². The van der Waals surface area contributed by atoms with Crippen LogP contribution in [0.15, 0.2) is 22.1 Å². The molecule has 0 unspecified atom stereocenters. The third-order valence-corrected chi connectivity index (χ3v) is 4.87. The van der Waals surface area contributed by atoms with Crippen molar-refractivity contribution < 1.29 is 14.3 Å². The summed E-state index contributed by atoms with van der Waals surface area (Å²) in [6.07, 6.45) is 0.00486. The number of methoxy groups -OCH3 is 1. The molecule has 0 bridgehead atoms. The summed E-state index contributed by atoms with van der Waals surface area (Å²) >= 11 is 10.7. The van der Waals surface area contributed by atoms with Crippen LogP contribution in [-0.2, 0) is 6.42 Å². The first-order chi connectivity index (χ1) is 9.93. The van der Waals surface area contributed by atoms with Gasteiger partial charge in [-0.1, -0.05) is 11.6 Å². The summed E-state index contributed by atoms with van der Waals surface area (Å²) in [4.78, 5) is 28.1. The second-order valence-corrected chi connectivity index (χ2v) is 6.29. The lowest BCUT2D eigenvalue weighted by Crippen LogP contribution is -2.09. The summed E-state index contributed by atoms with van der Waals surface area (Å²) < 4.78 is 5.75. The SMILES string of the molecule is COc1ccc(C(C)=O)c(CC(=O)c2nc(Br)cs2)c1Cl. The second-order valence-electron chi connectivity index (χ2n) is 4.24. The summed E-state index contributed by atoms with van der Waals surface area (Å²) in [6.45, 7) is 1.44. The van der Waals surface area contributed by atoms with Crippen molar-refractivity contribution in [3.63, 3.8) is 0 Å². The molecule has 1 heterocycles. The molecule has 0 fully saturated rings. The van der Waals surface area contributed by atoms with Crippen molar-refractivity contribution in [2.24, 2.45) is 0 Å². The minimum absolute atomic E-state index is 0.00486. The molecular formula is C14H11BrClNO3S. The largest absolute Gasteiger partial charge is 0.495 e. The zero-order valence-electron chi connectivity index (χ0n) is 11.3. The van der Waals surface area contributed by atoms with Crippen molar-refractivity contribution >= 4 is 50.4 Å². The van der Waals surface area contributed by atoms with E-state index in [1.807, 2.05) is 0 Å². The van der Waals surface area contributed by atoms with Gasteiger partial charge in [0.05, 0.1) is 12.1 Å². The Kier molecular flexibility index (Phi) is 5.13. The van der Waals surface area contributed by atoms with Crippen LogP contribution >= 0.6 is 38.9 Å². The monoisotopic (exact) mass is 387 g/mol. The number of Topliss-reactive ketones (excluding diaryl/α,β-unsaturated/α-hetero) is 2. The Morgan fingerprint density at radius 2 is 2.14 bits per heavy atom. The Bertz CT molecular complexity index is 714. The molecule has 0 saturated carbocycles. The van der Waals surface area contributed by atoms with Gasteiger partial charge >= 0.3 is 0 Å². The fraction of sp³-hybridized carbons (Fsp3) is 0.214. The van der Waals surface area contributed by atoms with Crippen LogP contribution in [0.25, 0.3) is 0 Å². The molecule has 110 valence electrons. The zero-order valence-corrected chi connectivity index (χ0v) is 14.4. The van der Waals surface area contributed by atoms with Gasteiger partial charge in [-0.05, 0) is 40.5 Å². The molecule has 0 amide bonds. The quantitative estimate of drug-likeness (QED) is 0.721. The fourth-order valence-corrected chi connectivity index (χ4v) is 3.38. The molecule has 4 nitrogen and oxygen atoms in total. The van der Waals surface area contributed by atoms with Crippen molar-refractivity contribution in [2.75, 3.05) is 7.11 Å². The van der Waals surface area contributed by atoms with E-state index in [1.165, 1.54) is 25.4 Å². The van der Waals surface area contributed by atoms with E-state index in [4.69, 9.17) is 16.3 Å². The first-order valence-electron chi connectivity index (χ1n) is 5.94. The van der Waals surface area contributed by atoms with Gasteiger partial charge < -0.3 is 4.74 Å². The molecule has 0 atom stereocenters. The Morgan fingerprint density at radius 1 is 1.43 bits per heavy atom. The van der Waals surface area contributed by atoms with Gasteiger partial charge in [-0.25, -0.2) is 4.98 Å². The number of ether oxygens (including phenoxy) is 1. The summed E-state index contributed by atoms with van der Waals surface area (Å²) in [6, 6.07) is 3.24. The Morgan fingerprint density at radius 3 is 2.67 bits per heavy atom. The van der Waals surface area contributed by atoms with Gasteiger partial charge in [-0.2, -0.15) is 0 Å². The highest BCUT2D eigenvalue weighted by molar-refractivity contribution is 9.10. The number of halogens is 2. The van der Waals surface area contributed by atoms with E-state index in [2.05, 4.69) is 20.9 Å². The van der Waals surface area contributed by atoms with E-state index in [0.717, 1.165) is 0 Å². The van der Waals surface area contributed by atoms with Gasteiger partial charge in [0.2, 0.25) is 0 Å². The van der Waals surface area contributed by atoms with E-state index in [9.17, 15) is 9.59 Å². The minimum Gasteiger partial charge on any atom is -0.495 e. The molecule has 7 heteroatoms. The van der Waals surface area contributed by atoms with Crippen LogP contribution in [0.3, 0.4) is 0 Å². The van der Waals surface area contributed by atoms with Crippen LogP contribution in [0.5, 0.6) is 5.75 Å². The topological polar surface area (TPSA) is 56.3 Å². The van der Waals surface area contributed by atoms with Crippen molar-refractivity contribution in [3.8, 4) is 5.75 Å². The summed E-state index contributed by atoms with van der Waals surface area (Å²) in [5.41, 5.74) is 0.893. The van der Waals surface area contributed by atoms with E-state index < -0.39 is 0 Å². The first kappa shape index (κ1) is 16.1. The number of rotatable bonds is 5. The summed E-state index contributed by atoms with van der Waals surface area (Å²) in [5, 5.41) is 2.39. The molecule has 21 heavy (non-hydrogen) atoms. The van der Waals surface area contributed by atoms with Crippen molar-refractivity contribution in [1.82, 2.24) is 4.98 Å². The second kappa shape index (κ2) is 6.68. The number of aromatic nitrogens is 1. The van der Waals surface area contributed by atoms with E-state index in [1.54, 1.807) is 17.5 Å². The number of benzene rings is 1. The predicted molar refractivity (Wildman–Crippen MR) is 85.9 cm³/mol. The maximum Gasteiger partial charge on any atom is 0.195 e. The number of ketones is 2. The number of carbonyl (C=O) groups excluding carboxylic acids is 2. The number of hydrogen-bond donors (Lipinski definition) is 0. The Labute approximate surface area is 139 Å².